The van der Waals surface area contributed by atoms with Gasteiger partial charge >= 0.3 is 0 Å². The van der Waals surface area contributed by atoms with Gasteiger partial charge in [-0.3, -0.25) is 4.98 Å². The summed E-state index contributed by atoms with van der Waals surface area (Å²) in [4.78, 5) is 3.82. The molecule has 12 heavy (non-hydrogen) atoms. The average molecular weight is 164 g/mol. The van der Waals surface area contributed by atoms with Crippen LogP contribution in [0.1, 0.15) is 5.56 Å². The van der Waals surface area contributed by atoms with Gasteiger partial charge in [0, 0.05) is 18.0 Å². The van der Waals surface area contributed by atoms with Crippen molar-refractivity contribution >= 4 is 11.9 Å². The highest BCUT2D eigenvalue weighted by Gasteiger charge is 1.97. The van der Waals surface area contributed by atoms with E-state index in [-0.39, 0.29) is 0 Å². The Morgan fingerprint density at radius 2 is 2.17 bits per heavy atom. The Hall–Kier alpha value is -1.91. The quantitative estimate of drug-likeness (QED) is 0.283. The number of aromatic nitrogens is 1. The van der Waals surface area contributed by atoms with Crippen LogP contribution in [0.3, 0.4) is 0 Å². The van der Waals surface area contributed by atoms with E-state index in [4.69, 9.17) is 11.0 Å². The van der Waals surface area contributed by atoms with Crippen molar-refractivity contribution in [3.63, 3.8) is 0 Å². The Morgan fingerprint density at radius 3 is 2.67 bits per heavy atom. The van der Waals surface area contributed by atoms with Gasteiger partial charge in [-0.25, -0.2) is 0 Å². The zero-order valence-corrected chi connectivity index (χ0v) is 6.25. The lowest BCUT2D eigenvalue weighted by molar-refractivity contribution is 0.322. The molecule has 62 valence electrons. The standard InChI is InChI=1S/C7H8N4O/c8-11-7(5-10-12)6-1-3-9-4-2-6/h1-5,12H,8H2. The molecule has 0 amide bonds. The number of hydrogen-bond acceptors (Lipinski definition) is 5. The number of pyridine rings is 1. The van der Waals surface area contributed by atoms with Gasteiger partial charge in [-0.2, -0.15) is 5.10 Å². The molecule has 0 aliphatic heterocycles. The summed E-state index contributed by atoms with van der Waals surface area (Å²) >= 11 is 0. The number of hydrogen-bond donors (Lipinski definition) is 2. The van der Waals surface area contributed by atoms with Crippen LogP contribution in [0.5, 0.6) is 0 Å². The summed E-state index contributed by atoms with van der Waals surface area (Å²) in [5.74, 6) is 5.06. The van der Waals surface area contributed by atoms with Crippen LogP contribution in [0, 0.1) is 0 Å². The molecule has 1 rings (SSSR count). The molecule has 0 saturated heterocycles. The predicted molar refractivity (Wildman–Crippen MR) is 45.2 cm³/mol. The molecule has 3 N–H and O–H groups in total. The summed E-state index contributed by atoms with van der Waals surface area (Å²) in [6.07, 6.45) is 4.37. The van der Waals surface area contributed by atoms with Crippen molar-refractivity contribution in [1.82, 2.24) is 4.98 Å². The Kier molecular flexibility index (Phi) is 2.78. The number of nitrogens with zero attached hydrogens (tertiary/aromatic N) is 3. The summed E-state index contributed by atoms with van der Waals surface area (Å²) in [5.41, 5.74) is 1.16. The minimum absolute atomic E-state index is 0.403. The van der Waals surface area contributed by atoms with E-state index in [2.05, 4.69) is 15.2 Å². The van der Waals surface area contributed by atoms with E-state index in [9.17, 15) is 0 Å². The van der Waals surface area contributed by atoms with Crippen LogP contribution in [-0.2, 0) is 0 Å². The summed E-state index contributed by atoms with van der Waals surface area (Å²) in [6, 6.07) is 3.43. The lowest BCUT2D eigenvalue weighted by Gasteiger charge is -1.95. The lowest BCUT2D eigenvalue weighted by atomic mass is 10.2. The molecule has 0 spiro atoms. The van der Waals surface area contributed by atoms with Crippen LogP contribution in [0.25, 0.3) is 0 Å². The van der Waals surface area contributed by atoms with Crippen molar-refractivity contribution in [1.29, 1.82) is 0 Å². The van der Waals surface area contributed by atoms with Crippen molar-refractivity contribution in [2.75, 3.05) is 0 Å². The molecule has 0 fully saturated rings. The first-order valence-electron chi connectivity index (χ1n) is 3.24. The Labute approximate surface area is 69.2 Å². The van der Waals surface area contributed by atoms with Gasteiger partial charge in [0.2, 0.25) is 0 Å². The number of nitrogens with two attached hydrogens (primary N) is 1. The van der Waals surface area contributed by atoms with E-state index in [1.54, 1.807) is 24.5 Å². The van der Waals surface area contributed by atoms with Gasteiger partial charge in [-0.1, -0.05) is 5.16 Å². The Morgan fingerprint density at radius 1 is 1.50 bits per heavy atom. The zero-order chi connectivity index (χ0) is 8.81. The van der Waals surface area contributed by atoms with Crippen molar-refractivity contribution in [2.24, 2.45) is 16.1 Å². The molecule has 0 radical (unpaired) electrons. The van der Waals surface area contributed by atoms with E-state index in [1.165, 1.54) is 0 Å². The average Bonchev–Trinajstić information content (AvgIpc) is 2.15. The first-order chi connectivity index (χ1) is 5.88. The number of hydrazone groups is 1. The highest BCUT2D eigenvalue weighted by atomic mass is 16.4. The van der Waals surface area contributed by atoms with E-state index in [0.29, 0.717) is 5.71 Å². The van der Waals surface area contributed by atoms with Crippen molar-refractivity contribution < 1.29 is 5.21 Å². The molecule has 0 aliphatic carbocycles. The summed E-state index contributed by atoms with van der Waals surface area (Å²) in [6.45, 7) is 0. The smallest absolute Gasteiger partial charge is 0.112 e. The maximum Gasteiger partial charge on any atom is 0.112 e. The monoisotopic (exact) mass is 164 g/mol. The zero-order valence-electron chi connectivity index (χ0n) is 6.25. The fraction of sp³-hybridized carbons (Fsp3) is 0. The summed E-state index contributed by atoms with van der Waals surface area (Å²) in [5, 5.41) is 14.5. The van der Waals surface area contributed by atoms with Crippen LogP contribution < -0.4 is 5.84 Å². The third-order valence-electron chi connectivity index (χ3n) is 1.30. The van der Waals surface area contributed by atoms with E-state index in [1.807, 2.05) is 0 Å². The molecular formula is C7H8N4O. The van der Waals surface area contributed by atoms with Gasteiger partial charge < -0.3 is 11.0 Å². The topological polar surface area (TPSA) is 83.9 Å². The van der Waals surface area contributed by atoms with Crippen LogP contribution in [0.2, 0.25) is 0 Å². The molecule has 0 aromatic carbocycles. The van der Waals surface area contributed by atoms with Gasteiger partial charge in [0.25, 0.3) is 0 Å². The van der Waals surface area contributed by atoms with Crippen LogP contribution in [0.4, 0.5) is 0 Å². The molecule has 0 bridgehead atoms. The van der Waals surface area contributed by atoms with Crippen molar-refractivity contribution in [2.45, 2.75) is 0 Å². The minimum Gasteiger partial charge on any atom is -0.411 e. The highest BCUT2D eigenvalue weighted by Crippen LogP contribution is 1.96. The summed E-state index contributed by atoms with van der Waals surface area (Å²) < 4.78 is 0. The maximum absolute atomic E-state index is 8.25. The van der Waals surface area contributed by atoms with Gasteiger partial charge in [-0.05, 0) is 12.1 Å². The maximum atomic E-state index is 8.25. The second-order valence-electron chi connectivity index (χ2n) is 1.99. The van der Waals surface area contributed by atoms with Crippen LogP contribution in [0.15, 0.2) is 34.8 Å². The summed E-state index contributed by atoms with van der Waals surface area (Å²) in [7, 11) is 0. The fourth-order valence-corrected chi connectivity index (χ4v) is 0.760. The van der Waals surface area contributed by atoms with E-state index in [0.717, 1.165) is 11.8 Å². The molecule has 5 heteroatoms. The largest absolute Gasteiger partial charge is 0.411 e. The van der Waals surface area contributed by atoms with Crippen LogP contribution in [-0.4, -0.2) is 22.1 Å². The predicted octanol–water partition coefficient (Wildman–Crippen LogP) is 0.204. The van der Waals surface area contributed by atoms with E-state index < -0.39 is 0 Å². The van der Waals surface area contributed by atoms with Crippen molar-refractivity contribution in [3.05, 3.63) is 30.1 Å². The van der Waals surface area contributed by atoms with Gasteiger partial charge in [-0.15, -0.1) is 0 Å². The normalized spacial score (nSPS) is 12.2. The third kappa shape index (κ3) is 1.79. The molecule has 0 atom stereocenters. The second-order valence-corrected chi connectivity index (χ2v) is 1.99. The molecule has 0 unspecified atom stereocenters. The van der Waals surface area contributed by atoms with E-state index >= 15 is 0 Å². The first kappa shape index (κ1) is 8.19. The SMILES string of the molecule is NN=C(C=NO)c1ccncc1. The Balaban J connectivity index is 2.97. The van der Waals surface area contributed by atoms with Crippen molar-refractivity contribution in [3.8, 4) is 0 Å². The second kappa shape index (κ2) is 4.07. The lowest BCUT2D eigenvalue weighted by Crippen LogP contribution is -2.05. The molecule has 1 aromatic rings. The minimum atomic E-state index is 0.403. The number of rotatable bonds is 2. The molecule has 1 heterocycles. The fourth-order valence-electron chi connectivity index (χ4n) is 0.760. The highest BCUT2D eigenvalue weighted by molar-refractivity contribution is 6.37. The number of oxime groups is 1. The third-order valence-corrected chi connectivity index (χ3v) is 1.30. The first-order valence-corrected chi connectivity index (χ1v) is 3.24. The molecule has 0 saturated carbocycles. The van der Waals surface area contributed by atoms with Crippen LogP contribution >= 0.6 is 0 Å². The molecule has 1 aromatic heterocycles. The Bertz CT molecular complexity index is 294. The van der Waals surface area contributed by atoms with Gasteiger partial charge in [0.05, 0.1) is 6.21 Å². The van der Waals surface area contributed by atoms with Gasteiger partial charge in [0.15, 0.2) is 0 Å². The molecule has 5 nitrogen and oxygen atoms in total. The molecular weight excluding hydrogens is 156 g/mol. The molecule has 0 aliphatic rings. The van der Waals surface area contributed by atoms with Gasteiger partial charge in [0.1, 0.15) is 5.71 Å².